The second kappa shape index (κ2) is 6.73. The quantitative estimate of drug-likeness (QED) is 0.689. The molecule has 27 heavy (non-hydrogen) atoms. The molecule has 0 N–H and O–H groups in total. The average Bonchev–Trinajstić information content (AvgIpc) is 3.37. The third-order valence-electron chi connectivity index (χ3n) is 5.99. The van der Waals surface area contributed by atoms with Crippen LogP contribution in [0.5, 0.6) is 0 Å². The number of pyridine rings is 2. The zero-order valence-electron chi connectivity index (χ0n) is 15.6. The predicted molar refractivity (Wildman–Crippen MR) is 110 cm³/mol. The van der Waals surface area contributed by atoms with Gasteiger partial charge in [-0.25, -0.2) is 0 Å². The summed E-state index contributed by atoms with van der Waals surface area (Å²) in [6, 6.07) is 10.7. The van der Waals surface area contributed by atoms with Crippen LogP contribution in [0, 0.1) is 6.92 Å². The van der Waals surface area contributed by atoms with E-state index in [1.165, 1.54) is 33.8 Å². The molecular weight excluding hydrogens is 352 g/mol. The highest BCUT2D eigenvalue weighted by atomic mass is 32.1. The summed E-state index contributed by atoms with van der Waals surface area (Å²) in [5.41, 5.74) is 5.43. The van der Waals surface area contributed by atoms with Gasteiger partial charge in [-0.05, 0) is 60.7 Å². The molecule has 3 aromatic rings. The summed E-state index contributed by atoms with van der Waals surface area (Å²) in [6.45, 7) is 7.48. The fourth-order valence-electron chi connectivity index (χ4n) is 4.62. The summed E-state index contributed by atoms with van der Waals surface area (Å²) in [5, 5.41) is 2.21. The fourth-order valence-corrected chi connectivity index (χ4v) is 5.57. The van der Waals surface area contributed by atoms with Crippen molar-refractivity contribution in [3.05, 3.63) is 76.0 Å². The van der Waals surface area contributed by atoms with E-state index < -0.39 is 0 Å². The largest absolute Gasteiger partial charge is 0.365 e. The molecule has 0 radical (unpaired) electrons. The zero-order valence-corrected chi connectivity index (χ0v) is 16.5. The fraction of sp³-hybridized carbons (Fsp3) is 0.364. The lowest BCUT2D eigenvalue weighted by molar-refractivity contribution is 0.307. The van der Waals surface area contributed by atoms with E-state index in [1.807, 2.05) is 36.0 Å². The molecule has 0 unspecified atom stereocenters. The average molecular weight is 377 g/mol. The lowest BCUT2D eigenvalue weighted by atomic mass is 9.85. The number of hydrogen-bond acceptors (Lipinski definition) is 5. The number of aromatic nitrogens is 2. The Morgan fingerprint density at radius 2 is 2.04 bits per heavy atom. The van der Waals surface area contributed by atoms with Crippen molar-refractivity contribution in [1.29, 1.82) is 0 Å². The molecule has 1 fully saturated rings. The highest BCUT2D eigenvalue weighted by molar-refractivity contribution is 7.10. The minimum absolute atomic E-state index is 0.157. The topological polar surface area (TPSA) is 32.3 Å². The van der Waals surface area contributed by atoms with E-state index >= 15 is 0 Å². The van der Waals surface area contributed by atoms with Gasteiger partial charge in [0.15, 0.2) is 0 Å². The molecular formula is C22H24N4S. The Balaban J connectivity index is 1.39. The van der Waals surface area contributed by atoms with Gasteiger partial charge in [-0.3, -0.25) is 14.9 Å². The number of fused-ring (bicyclic) bond motifs is 2. The summed E-state index contributed by atoms with van der Waals surface area (Å²) >= 11 is 1.88. The lowest BCUT2D eigenvalue weighted by Crippen LogP contribution is -2.36. The molecule has 0 saturated carbocycles. The Morgan fingerprint density at radius 1 is 1.11 bits per heavy atom. The highest BCUT2D eigenvalue weighted by Crippen LogP contribution is 2.45. The molecule has 2 aliphatic rings. The normalized spacial score (nSPS) is 21.9. The first kappa shape index (κ1) is 16.9. The smallest absolute Gasteiger partial charge is 0.0729 e. The molecule has 1 atom stereocenters. The Morgan fingerprint density at radius 3 is 2.85 bits per heavy atom. The number of nitrogens with zero attached hydrogens (tertiary/aromatic N) is 4. The van der Waals surface area contributed by atoms with E-state index in [4.69, 9.17) is 4.98 Å². The molecule has 1 spiro atoms. The van der Waals surface area contributed by atoms with Crippen LogP contribution in [0.2, 0.25) is 0 Å². The number of anilines is 1. The third-order valence-corrected chi connectivity index (χ3v) is 7.00. The first-order valence-electron chi connectivity index (χ1n) is 9.58. The minimum atomic E-state index is 0.157. The van der Waals surface area contributed by atoms with Gasteiger partial charge in [0.1, 0.15) is 0 Å². The molecule has 4 nitrogen and oxygen atoms in total. The maximum Gasteiger partial charge on any atom is 0.0729 e. The monoisotopic (exact) mass is 376 g/mol. The van der Waals surface area contributed by atoms with Crippen molar-refractivity contribution in [2.45, 2.75) is 31.8 Å². The van der Waals surface area contributed by atoms with Gasteiger partial charge in [0.05, 0.1) is 11.4 Å². The Hall–Kier alpha value is -2.24. The van der Waals surface area contributed by atoms with Gasteiger partial charge in [-0.1, -0.05) is 6.07 Å². The van der Waals surface area contributed by atoms with Crippen molar-refractivity contribution >= 4 is 17.0 Å². The van der Waals surface area contributed by atoms with Gasteiger partial charge in [0.2, 0.25) is 0 Å². The molecule has 0 aromatic carbocycles. The van der Waals surface area contributed by atoms with Gasteiger partial charge >= 0.3 is 0 Å². The second-order valence-corrected chi connectivity index (χ2v) is 8.86. The van der Waals surface area contributed by atoms with Gasteiger partial charge in [-0.2, -0.15) is 0 Å². The number of aryl methyl sites for hydroxylation is 1. The summed E-state index contributed by atoms with van der Waals surface area (Å²) < 4.78 is 0. The van der Waals surface area contributed by atoms with Crippen molar-refractivity contribution in [1.82, 2.24) is 14.9 Å². The Labute approximate surface area is 164 Å². The lowest BCUT2D eigenvalue weighted by Gasteiger charge is -2.26. The molecule has 0 aliphatic carbocycles. The van der Waals surface area contributed by atoms with Crippen LogP contribution in [0.15, 0.2) is 54.3 Å². The first-order chi connectivity index (χ1) is 13.2. The Kier molecular flexibility index (Phi) is 4.21. The van der Waals surface area contributed by atoms with Crippen LogP contribution in [-0.2, 0) is 18.5 Å². The van der Waals surface area contributed by atoms with Gasteiger partial charge < -0.3 is 4.90 Å². The summed E-state index contributed by atoms with van der Waals surface area (Å²) in [6.07, 6.45) is 6.96. The SMILES string of the molecule is Cc1ccsc1CN1CC[C@]2(C1)CN(Cc1cccnc1)c1cccnc12. The van der Waals surface area contributed by atoms with Crippen LogP contribution in [0.25, 0.3) is 0 Å². The molecule has 1 saturated heterocycles. The van der Waals surface area contributed by atoms with E-state index in [9.17, 15) is 0 Å². The number of hydrogen-bond donors (Lipinski definition) is 0. The highest BCUT2D eigenvalue weighted by Gasteiger charge is 2.48. The molecule has 0 bridgehead atoms. The summed E-state index contributed by atoms with van der Waals surface area (Å²) in [7, 11) is 0. The molecule has 5 heterocycles. The van der Waals surface area contributed by atoms with Gasteiger partial charge in [0, 0.05) is 55.1 Å². The molecule has 5 rings (SSSR count). The van der Waals surface area contributed by atoms with Crippen LogP contribution >= 0.6 is 11.3 Å². The van der Waals surface area contributed by atoms with Crippen LogP contribution in [0.1, 0.15) is 28.1 Å². The minimum Gasteiger partial charge on any atom is -0.365 e. The standard InChI is InChI=1S/C22H24N4S/c1-17-6-11-27-20(17)14-25-10-7-22(15-25)16-26(13-18-4-2-8-23-12-18)19-5-3-9-24-21(19)22/h2-6,8-9,11-12H,7,10,13-16H2,1H3/t22-/m0/s1. The van der Waals surface area contributed by atoms with E-state index in [2.05, 4.69) is 51.4 Å². The zero-order chi connectivity index (χ0) is 18.3. The summed E-state index contributed by atoms with van der Waals surface area (Å²) in [5.74, 6) is 0. The predicted octanol–water partition coefficient (Wildman–Crippen LogP) is 4.01. The van der Waals surface area contributed by atoms with Crippen LogP contribution in [0.4, 0.5) is 5.69 Å². The van der Waals surface area contributed by atoms with Crippen LogP contribution < -0.4 is 4.90 Å². The van der Waals surface area contributed by atoms with E-state index in [0.717, 1.165) is 32.7 Å². The number of likely N-dealkylation sites (tertiary alicyclic amines) is 1. The van der Waals surface area contributed by atoms with Crippen molar-refractivity contribution < 1.29 is 0 Å². The maximum absolute atomic E-state index is 4.85. The first-order valence-corrected chi connectivity index (χ1v) is 10.5. The van der Waals surface area contributed by atoms with Gasteiger partial charge in [-0.15, -0.1) is 11.3 Å². The molecule has 0 amide bonds. The van der Waals surface area contributed by atoms with E-state index in [0.29, 0.717) is 0 Å². The van der Waals surface area contributed by atoms with Crippen LogP contribution in [-0.4, -0.2) is 34.5 Å². The molecule has 5 heteroatoms. The molecule has 2 aliphatic heterocycles. The molecule has 138 valence electrons. The maximum atomic E-state index is 4.85. The second-order valence-electron chi connectivity index (χ2n) is 7.86. The van der Waals surface area contributed by atoms with Crippen molar-refractivity contribution in [3.8, 4) is 0 Å². The van der Waals surface area contributed by atoms with Crippen molar-refractivity contribution in [3.63, 3.8) is 0 Å². The van der Waals surface area contributed by atoms with Crippen molar-refractivity contribution in [2.24, 2.45) is 0 Å². The number of rotatable bonds is 4. The van der Waals surface area contributed by atoms with Gasteiger partial charge in [0.25, 0.3) is 0 Å². The number of thiophene rings is 1. The van der Waals surface area contributed by atoms with Crippen LogP contribution in [0.3, 0.4) is 0 Å². The third kappa shape index (κ3) is 3.05. The summed E-state index contributed by atoms with van der Waals surface area (Å²) in [4.78, 5) is 15.8. The van der Waals surface area contributed by atoms with E-state index in [1.54, 1.807) is 0 Å². The van der Waals surface area contributed by atoms with E-state index in [-0.39, 0.29) is 5.41 Å². The Bertz CT molecular complexity index is 938. The molecule has 3 aromatic heterocycles. The van der Waals surface area contributed by atoms with Crippen molar-refractivity contribution in [2.75, 3.05) is 24.5 Å².